The number of hydrogen-bond donors (Lipinski definition) is 1. The van der Waals surface area contributed by atoms with Crippen LogP contribution in [-0.2, 0) is 19.1 Å². The number of ketones is 2. The molecule has 5 aliphatic carbocycles. The van der Waals surface area contributed by atoms with Gasteiger partial charge in [0.15, 0.2) is 11.6 Å². The predicted molar refractivity (Wildman–Crippen MR) is 147 cm³/mol. The molecule has 0 aromatic carbocycles. The van der Waals surface area contributed by atoms with Crippen molar-refractivity contribution < 1.29 is 19.1 Å². The summed E-state index contributed by atoms with van der Waals surface area (Å²) in [6.07, 6.45) is 9.93. The molecule has 3 unspecified atom stereocenters. The van der Waals surface area contributed by atoms with Crippen LogP contribution in [0.2, 0.25) is 0 Å². The van der Waals surface area contributed by atoms with Crippen LogP contribution in [0.5, 0.6) is 0 Å². The Balaban J connectivity index is 1.47. The summed E-state index contributed by atoms with van der Waals surface area (Å²) in [6.45, 7) is 14.5. The van der Waals surface area contributed by atoms with E-state index < -0.39 is 10.8 Å². The number of nitrogens with one attached hydrogen (secondary N) is 1. The van der Waals surface area contributed by atoms with Crippen LogP contribution in [0.4, 0.5) is 0 Å². The molecule has 6 aliphatic rings. The van der Waals surface area contributed by atoms with Gasteiger partial charge in [-0.15, -0.1) is 0 Å². The Kier molecular flexibility index (Phi) is 5.79. The lowest BCUT2D eigenvalue weighted by atomic mass is 9.34. The molecule has 0 radical (unpaired) electrons. The number of ether oxygens (including phenoxy) is 1. The number of nitriles is 1. The number of Topliss-reactive ketones (excluding diaryl/α,β-unsaturated/α-hetero) is 1. The molecule has 1 heterocycles. The fourth-order valence-corrected chi connectivity index (χ4v) is 10.3. The van der Waals surface area contributed by atoms with Crippen LogP contribution in [0.15, 0.2) is 23.3 Å². The monoisotopic (exact) mass is 532 g/mol. The Bertz CT molecular complexity index is 1250. The molecule has 0 aromatic heterocycles. The third-order valence-electron chi connectivity index (χ3n) is 12.9. The normalized spacial score (nSPS) is 46.7. The minimum atomic E-state index is -0.520. The van der Waals surface area contributed by atoms with Crippen LogP contribution >= 0.6 is 0 Å². The van der Waals surface area contributed by atoms with E-state index in [9.17, 15) is 19.6 Å². The van der Waals surface area contributed by atoms with E-state index in [-0.39, 0.29) is 69.0 Å². The lowest BCUT2D eigenvalue weighted by molar-refractivity contribution is -0.179. The molecule has 6 rings (SSSR count). The molecule has 1 N–H and O–H groups in total. The van der Waals surface area contributed by atoms with E-state index in [0.717, 1.165) is 50.5 Å². The highest BCUT2D eigenvalue weighted by Crippen LogP contribution is 2.73. The molecule has 4 fully saturated rings. The van der Waals surface area contributed by atoms with Crippen LogP contribution in [0.1, 0.15) is 86.5 Å². The average Bonchev–Trinajstić information content (AvgIpc) is 2.84. The molecule has 6 nitrogen and oxygen atoms in total. The van der Waals surface area contributed by atoms with E-state index in [2.05, 4.69) is 46.0 Å². The van der Waals surface area contributed by atoms with E-state index in [1.54, 1.807) is 0 Å². The van der Waals surface area contributed by atoms with Crippen molar-refractivity contribution in [1.29, 1.82) is 5.26 Å². The van der Waals surface area contributed by atoms with Crippen molar-refractivity contribution in [3.8, 4) is 6.07 Å². The van der Waals surface area contributed by atoms with Crippen molar-refractivity contribution in [2.75, 3.05) is 13.2 Å². The van der Waals surface area contributed by atoms with Gasteiger partial charge >= 0.3 is 0 Å². The second-order valence-electron chi connectivity index (χ2n) is 15.3. The maximum atomic E-state index is 14.5. The number of nitrogens with zero attached hydrogens (tertiary/aromatic N) is 1. The van der Waals surface area contributed by atoms with Crippen LogP contribution in [0.3, 0.4) is 0 Å². The van der Waals surface area contributed by atoms with Gasteiger partial charge in [0.05, 0.1) is 30.2 Å². The van der Waals surface area contributed by atoms with Gasteiger partial charge in [0, 0.05) is 17.3 Å². The standard InChI is InChI=1S/C33H44N2O4/c1-19-22-7-8-31(5)25(30(22,4)14-20(16-34)27(19)37)13-24(36)26-23-15-29(2,3)9-11-33(23,12-10-32(26,31)6)28(38)35-21-17-39-18-21/h13-14,19,21-23,26H,7-12,15,17-18H2,1-6H3,(H,35,38)/t19-,22?,23?,26?,30-,31+,32+,33-/m0/s1. The number of allylic oxidation sites excluding steroid dienone is 4. The van der Waals surface area contributed by atoms with Gasteiger partial charge in [-0.05, 0) is 79.1 Å². The number of amides is 1. The highest BCUT2D eigenvalue weighted by molar-refractivity contribution is 6.02. The number of carbonyl (C=O) groups excluding carboxylic acids is 3. The van der Waals surface area contributed by atoms with Gasteiger partial charge in [-0.2, -0.15) is 5.26 Å². The maximum Gasteiger partial charge on any atom is 0.226 e. The van der Waals surface area contributed by atoms with Gasteiger partial charge in [0.25, 0.3) is 0 Å². The third-order valence-corrected chi connectivity index (χ3v) is 12.9. The molecule has 1 saturated heterocycles. The summed E-state index contributed by atoms with van der Waals surface area (Å²) in [5.74, 6) is -0.168. The first-order valence-electron chi connectivity index (χ1n) is 15.0. The molecule has 0 aromatic rings. The smallest absolute Gasteiger partial charge is 0.226 e. The molecular formula is C33H44N2O4. The quantitative estimate of drug-likeness (QED) is 0.519. The first kappa shape index (κ1) is 26.9. The Hall–Kier alpha value is -2.26. The maximum absolute atomic E-state index is 14.5. The molecule has 3 saturated carbocycles. The molecular weight excluding hydrogens is 488 g/mol. The zero-order chi connectivity index (χ0) is 28.2. The Labute approximate surface area is 233 Å². The Morgan fingerprint density at radius 3 is 2.36 bits per heavy atom. The topological polar surface area (TPSA) is 96.3 Å². The van der Waals surface area contributed by atoms with E-state index in [4.69, 9.17) is 4.74 Å². The lowest BCUT2D eigenvalue weighted by Crippen LogP contribution is -2.67. The molecule has 39 heavy (non-hydrogen) atoms. The highest BCUT2D eigenvalue weighted by atomic mass is 16.5. The Morgan fingerprint density at radius 2 is 1.72 bits per heavy atom. The summed E-state index contributed by atoms with van der Waals surface area (Å²) in [4.78, 5) is 41.5. The van der Waals surface area contributed by atoms with Gasteiger partial charge in [-0.1, -0.05) is 53.2 Å². The summed E-state index contributed by atoms with van der Waals surface area (Å²) in [7, 11) is 0. The summed E-state index contributed by atoms with van der Waals surface area (Å²) in [5.41, 5.74) is -0.149. The van der Waals surface area contributed by atoms with E-state index in [0.29, 0.717) is 13.2 Å². The molecule has 0 bridgehead atoms. The molecule has 8 atom stereocenters. The largest absolute Gasteiger partial charge is 0.377 e. The average molecular weight is 533 g/mol. The number of hydrogen-bond acceptors (Lipinski definition) is 5. The highest BCUT2D eigenvalue weighted by Gasteiger charge is 2.70. The summed E-state index contributed by atoms with van der Waals surface area (Å²) >= 11 is 0. The van der Waals surface area contributed by atoms with Gasteiger partial charge in [0.1, 0.15) is 6.07 Å². The van der Waals surface area contributed by atoms with E-state index in [1.807, 2.05) is 19.1 Å². The fraction of sp³-hybridized carbons (Fsp3) is 0.758. The van der Waals surface area contributed by atoms with Crippen molar-refractivity contribution in [2.24, 2.45) is 50.7 Å². The van der Waals surface area contributed by atoms with E-state index in [1.165, 1.54) is 0 Å². The van der Waals surface area contributed by atoms with Crippen LogP contribution in [0.25, 0.3) is 0 Å². The fourth-order valence-electron chi connectivity index (χ4n) is 10.3. The summed E-state index contributed by atoms with van der Waals surface area (Å²) in [5, 5.41) is 13.1. The van der Waals surface area contributed by atoms with Crippen LogP contribution in [0, 0.1) is 62.1 Å². The molecule has 1 aliphatic heterocycles. The molecule has 210 valence electrons. The lowest BCUT2D eigenvalue weighted by Gasteiger charge is -2.68. The molecule has 1 amide bonds. The first-order chi connectivity index (χ1) is 18.2. The first-order valence-corrected chi connectivity index (χ1v) is 15.0. The SMILES string of the molecule is C[C@@H]1C(=O)C(C#N)=C[C@]2(C)C3=CC(=O)C4C5CC(C)(C)CC[C@]5(C(=O)NC5COC5)CC[C@@]4(C)[C@]3(C)CCC12. The minimum Gasteiger partial charge on any atom is -0.377 e. The zero-order valence-electron chi connectivity index (χ0n) is 24.5. The number of fused-ring (bicyclic) bond motifs is 7. The van der Waals surface area contributed by atoms with Gasteiger partial charge in [-0.3, -0.25) is 14.4 Å². The second kappa shape index (κ2) is 8.38. The summed E-state index contributed by atoms with van der Waals surface area (Å²) in [6, 6.07) is 2.24. The van der Waals surface area contributed by atoms with Gasteiger partial charge in [0.2, 0.25) is 5.91 Å². The predicted octanol–water partition coefficient (Wildman–Crippen LogP) is 5.33. The minimum absolute atomic E-state index is 0.00859. The van der Waals surface area contributed by atoms with Crippen molar-refractivity contribution in [2.45, 2.75) is 92.5 Å². The summed E-state index contributed by atoms with van der Waals surface area (Å²) < 4.78 is 5.34. The number of carbonyl (C=O) groups is 3. The third kappa shape index (κ3) is 3.44. The van der Waals surface area contributed by atoms with E-state index >= 15 is 0 Å². The van der Waals surface area contributed by atoms with Crippen molar-refractivity contribution in [3.63, 3.8) is 0 Å². The van der Waals surface area contributed by atoms with Gasteiger partial charge in [-0.25, -0.2) is 0 Å². The number of rotatable bonds is 2. The van der Waals surface area contributed by atoms with Gasteiger partial charge < -0.3 is 10.1 Å². The second-order valence-corrected chi connectivity index (χ2v) is 15.3. The van der Waals surface area contributed by atoms with Crippen LogP contribution < -0.4 is 5.32 Å². The van der Waals surface area contributed by atoms with Crippen LogP contribution in [-0.4, -0.2) is 36.7 Å². The molecule has 6 heteroatoms. The zero-order valence-corrected chi connectivity index (χ0v) is 24.5. The Morgan fingerprint density at radius 1 is 1.03 bits per heavy atom. The van der Waals surface area contributed by atoms with Crippen molar-refractivity contribution >= 4 is 17.5 Å². The van der Waals surface area contributed by atoms with Crippen molar-refractivity contribution in [1.82, 2.24) is 5.32 Å². The molecule has 0 spiro atoms. The van der Waals surface area contributed by atoms with Crippen molar-refractivity contribution in [3.05, 3.63) is 23.3 Å².